The van der Waals surface area contributed by atoms with E-state index in [-0.39, 0.29) is 11.7 Å². The molecule has 0 fully saturated rings. The summed E-state index contributed by atoms with van der Waals surface area (Å²) < 4.78 is 4.71. The number of methoxy groups -OCH3 is 1. The molecule has 0 heterocycles. The van der Waals surface area contributed by atoms with Crippen LogP contribution in [0.1, 0.15) is 16.7 Å². The van der Waals surface area contributed by atoms with Crippen LogP contribution < -0.4 is 0 Å². The molecular weight excluding hydrogens is 252 g/mol. The Labute approximate surface area is 118 Å². The molecule has 104 valence electrons. The molecule has 3 nitrogen and oxygen atoms in total. The SMILES string of the molecule is COC(=O)Cc1ccc(-c2ccc(O)cc2)c(C)c1C. The number of hydrogen-bond donors (Lipinski definition) is 1. The Balaban J connectivity index is 2.40. The molecule has 0 unspecified atom stereocenters. The van der Waals surface area contributed by atoms with Crippen LogP contribution in [-0.2, 0) is 16.0 Å². The monoisotopic (exact) mass is 270 g/mol. The maximum atomic E-state index is 11.4. The Morgan fingerprint density at radius 3 is 2.30 bits per heavy atom. The third-order valence-corrected chi connectivity index (χ3v) is 3.64. The van der Waals surface area contributed by atoms with Crippen LogP contribution in [0.4, 0.5) is 0 Å². The summed E-state index contributed by atoms with van der Waals surface area (Å²) in [5.41, 5.74) is 5.37. The van der Waals surface area contributed by atoms with E-state index in [2.05, 4.69) is 0 Å². The largest absolute Gasteiger partial charge is 0.508 e. The first-order valence-electron chi connectivity index (χ1n) is 6.48. The lowest BCUT2D eigenvalue weighted by molar-refractivity contribution is -0.139. The fraction of sp³-hybridized carbons (Fsp3) is 0.235. The van der Waals surface area contributed by atoms with Crippen LogP contribution in [0.5, 0.6) is 5.75 Å². The van der Waals surface area contributed by atoms with Gasteiger partial charge in [-0.1, -0.05) is 24.3 Å². The molecule has 0 aromatic heterocycles. The third kappa shape index (κ3) is 2.82. The van der Waals surface area contributed by atoms with Crippen molar-refractivity contribution in [2.75, 3.05) is 7.11 Å². The molecule has 0 radical (unpaired) electrons. The number of phenolic OH excluding ortho intramolecular Hbond substituents is 1. The third-order valence-electron chi connectivity index (χ3n) is 3.64. The number of esters is 1. The maximum absolute atomic E-state index is 11.4. The molecule has 0 aliphatic heterocycles. The van der Waals surface area contributed by atoms with Crippen molar-refractivity contribution >= 4 is 5.97 Å². The molecular formula is C17H18O3. The minimum absolute atomic E-state index is 0.232. The normalized spacial score (nSPS) is 10.3. The lowest BCUT2D eigenvalue weighted by Gasteiger charge is -2.13. The second-order valence-electron chi connectivity index (χ2n) is 4.82. The van der Waals surface area contributed by atoms with Crippen LogP contribution in [0, 0.1) is 13.8 Å². The number of benzene rings is 2. The van der Waals surface area contributed by atoms with Crippen molar-refractivity contribution in [3.63, 3.8) is 0 Å². The van der Waals surface area contributed by atoms with E-state index in [4.69, 9.17) is 4.74 Å². The molecule has 2 aromatic rings. The van der Waals surface area contributed by atoms with E-state index in [1.54, 1.807) is 12.1 Å². The van der Waals surface area contributed by atoms with Gasteiger partial charge in [-0.25, -0.2) is 0 Å². The summed E-state index contributed by atoms with van der Waals surface area (Å²) in [6, 6.07) is 11.1. The Hall–Kier alpha value is -2.29. The van der Waals surface area contributed by atoms with Crippen LogP contribution in [0.25, 0.3) is 11.1 Å². The van der Waals surface area contributed by atoms with Crippen molar-refractivity contribution in [3.8, 4) is 16.9 Å². The van der Waals surface area contributed by atoms with E-state index in [0.29, 0.717) is 6.42 Å². The van der Waals surface area contributed by atoms with Crippen molar-refractivity contribution in [1.82, 2.24) is 0 Å². The second kappa shape index (κ2) is 5.78. The highest BCUT2D eigenvalue weighted by Crippen LogP contribution is 2.29. The summed E-state index contributed by atoms with van der Waals surface area (Å²) >= 11 is 0. The van der Waals surface area contributed by atoms with Gasteiger partial charge in [0.05, 0.1) is 13.5 Å². The topological polar surface area (TPSA) is 46.5 Å². The van der Waals surface area contributed by atoms with Gasteiger partial charge in [0.2, 0.25) is 0 Å². The van der Waals surface area contributed by atoms with E-state index < -0.39 is 0 Å². The molecule has 0 bridgehead atoms. The molecule has 2 aromatic carbocycles. The average Bonchev–Trinajstić information content (AvgIpc) is 2.45. The van der Waals surface area contributed by atoms with E-state index in [1.165, 1.54) is 7.11 Å². The first kappa shape index (κ1) is 14.1. The van der Waals surface area contributed by atoms with Crippen molar-refractivity contribution < 1.29 is 14.6 Å². The van der Waals surface area contributed by atoms with Gasteiger partial charge >= 0.3 is 5.97 Å². The van der Waals surface area contributed by atoms with Crippen LogP contribution in [0.3, 0.4) is 0 Å². The zero-order valence-corrected chi connectivity index (χ0v) is 11.9. The van der Waals surface area contributed by atoms with E-state index >= 15 is 0 Å². The van der Waals surface area contributed by atoms with Gasteiger partial charge in [-0.3, -0.25) is 4.79 Å². The Morgan fingerprint density at radius 1 is 1.05 bits per heavy atom. The maximum Gasteiger partial charge on any atom is 0.309 e. The standard InChI is InChI=1S/C17H18O3/c1-11-12(2)16(13-4-7-15(18)8-5-13)9-6-14(11)10-17(19)20-3/h4-9,18H,10H2,1-3H3. The first-order valence-corrected chi connectivity index (χ1v) is 6.48. The molecule has 20 heavy (non-hydrogen) atoms. The second-order valence-corrected chi connectivity index (χ2v) is 4.82. The molecule has 2 rings (SSSR count). The summed E-state index contributed by atoms with van der Waals surface area (Å²) in [5.74, 6) is 0.0234. The quantitative estimate of drug-likeness (QED) is 0.870. The van der Waals surface area contributed by atoms with E-state index in [9.17, 15) is 9.90 Å². The molecule has 0 aliphatic rings. The summed E-state index contributed by atoms with van der Waals surface area (Å²) in [5, 5.41) is 9.35. The number of aromatic hydroxyl groups is 1. The number of carbonyl (C=O) groups excluding carboxylic acids is 1. The van der Waals surface area contributed by atoms with Gasteiger partial charge in [0.25, 0.3) is 0 Å². The summed E-state index contributed by atoms with van der Waals surface area (Å²) in [4.78, 5) is 11.4. The van der Waals surface area contributed by atoms with Crippen molar-refractivity contribution in [2.24, 2.45) is 0 Å². The number of phenols is 1. The molecule has 0 saturated carbocycles. The molecule has 3 heteroatoms. The number of carbonyl (C=O) groups is 1. The molecule has 1 N–H and O–H groups in total. The molecule has 0 spiro atoms. The van der Waals surface area contributed by atoms with Crippen LogP contribution in [-0.4, -0.2) is 18.2 Å². The van der Waals surface area contributed by atoms with E-state index in [1.807, 2.05) is 38.1 Å². The number of ether oxygens (including phenoxy) is 1. The average molecular weight is 270 g/mol. The van der Waals surface area contributed by atoms with Crippen LogP contribution in [0.15, 0.2) is 36.4 Å². The lowest BCUT2D eigenvalue weighted by Crippen LogP contribution is -2.06. The summed E-state index contributed by atoms with van der Waals surface area (Å²) in [7, 11) is 1.40. The molecule has 0 amide bonds. The molecule has 0 saturated heterocycles. The minimum atomic E-state index is -0.232. The Kier molecular flexibility index (Phi) is 4.08. The van der Waals surface area contributed by atoms with Gasteiger partial charge in [0.15, 0.2) is 0 Å². The van der Waals surface area contributed by atoms with E-state index in [0.717, 1.165) is 27.8 Å². The Bertz CT molecular complexity index is 627. The van der Waals surface area contributed by atoms with Gasteiger partial charge in [-0.15, -0.1) is 0 Å². The highest BCUT2D eigenvalue weighted by molar-refractivity contribution is 5.75. The zero-order chi connectivity index (χ0) is 14.7. The van der Waals surface area contributed by atoms with Crippen molar-refractivity contribution in [3.05, 3.63) is 53.1 Å². The van der Waals surface area contributed by atoms with Gasteiger partial charge in [0, 0.05) is 0 Å². The van der Waals surface area contributed by atoms with Crippen molar-refractivity contribution in [1.29, 1.82) is 0 Å². The number of rotatable bonds is 3. The fourth-order valence-corrected chi connectivity index (χ4v) is 2.25. The molecule has 0 aliphatic carbocycles. The van der Waals surface area contributed by atoms with Crippen LogP contribution in [0.2, 0.25) is 0 Å². The molecule has 0 atom stereocenters. The summed E-state index contributed by atoms with van der Waals surface area (Å²) in [6.07, 6.45) is 0.291. The summed E-state index contributed by atoms with van der Waals surface area (Å²) in [6.45, 7) is 4.05. The smallest absolute Gasteiger partial charge is 0.309 e. The Morgan fingerprint density at radius 2 is 1.70 bits per heavy atom. The highest BCUT2D eigenvalue weighted by Gasteiger charge is 2.11. The van der Waals surface area contributed by atoms with Gasteiger partial charge in [0.1, 0.15) is 5.75 Å². The number of hydrogen-bond acceptors (Lipinski definition) is 3. The highest BCUT2D eigenvalue weighted by atomic mass is 16.5. The minimum Gasteiger partial charge on any atom is -0.508 e. The van der Waals surface area contributed by atoms with Gasteiger partial charge in [-0.2, -0.15) is 0 Å². The van der Waals surface area contributed by atoms with Gasteiger partial charge in [-0.05, 0) is 53.8 Å². The zero-order valence-electron chi connectivity index (χ0n) is 11.9. The lowest BCUT2D eigenvalue weighted by atomic mass is 9.92. The fourth-order valence-electron chi connectivity index (χ4n) is 2.25. The van der Waals surface area contributed by atoms with Gasteiger partial charge < -0.3 is 9.84 Å². The van der Waals surface area contributed by atoms with Crippen molar-refractivity contribution in [2.45, 2.75) is 20.3 Å². The predicted molar refractivity (Wildman–Crippen MR) is 78.7 cm³/mol. The predicted octanol–water partition coefficient (Wildman–Crippen LogP) is 3.39. The van der Waals surface area contributed by atoms with Crippen LogP contribution >= 0.6 is 0 Å². The first-order chi connectivity index (χ1) is 9.52.